The van der Waals surface area contributed by atoms with Crippen LogP contribution in [0.3, 0.4) is 0 Å². The van der Waals surface area contributed by atoms with Gasteiger partial charge in [-0.05, 0) is 71.0 Å². The van der Waals surface area contributed by atoms with Crippen LogP contribution in [0, 0.1) is 6.92 Å². The van der Waals surface area contributed by atoms with Crippen LogP contribution in [0.25, 0.3) is 0 Å². The zero-order valence-corrected chi connectivity index (χ0v) is 21.1. The molecule has 0 spiro atoms. The molecule has 1 nitrogen and oxygen atoms in total. The molecule has 0 amide bonds. The summed E-state index contributed by atoms with van der Waals surface area (Å²) in [6.07, 6.45) is 13.2. The minimum atomic E-state index is 0.161. The van der Waals surface area contributed by atoms with E-state index in [1.165, 1.54) is 85.6 Å². The number of rotatable bonds is 12. The Hall–Kier alpha value is -1.76. The van der Waals surface area contributed by atoms with Crippen molar-refractivity contribution in [3.05, 3.63) is 64.2 Å². The zero-order chi connectivity index (χ0) is 22.9. The fourth-order valence-electron chi connectivity index (χ4n) is 4.52. The van der Waals surface area contributed by atoms with E-state index < -0.39 is 0 Å². The third-order valence-electron chi connectivity index (χ3n) is 6.71. The molecule has 0 heterocycles. The van der Waals surface area contributed by atoms with Crippen LogP contribution >= 0.6 is 0 Å². The summed E-state index contributed by atoms with van der Waals surface area (Å²) < 4.78 is 0. The summed E-state index contributed by atoms with van der Waals surface area (Å²) in [4.78, 5) is 0. The fourth-order valence-corrected chi connectivity index (χ4v) is 4.52. The quantitative estimate of drug-likeness (QED) is 0.338. The molecule has 0 aliphatic carbocycles. The summed E-state index contributed by atoms with van der Waals surface area (Å²) in [6.45, 7) is 13.9. The van der Waals surface area contributed by atoms with Crippen molar-refractivity contribution in [3.63, 3.8) is 0 Å². The van der Waals surface area contributed by atoms with E-state index in [1.807, 2.05) is 0 Å². The van der Waals surface area contributed by atoms with Gasteiger partial charge in [-0.15, -0.1) is 0 Å². The molecule has 2 aromatic carbocycles. The predicted molar refractivity (Wildman–Crippen MR) is 136 cm³/mol. The lowest BCUT2D eigenvalue weighted by molar-refractivity contribution is 0.475. The van der Waals surface area contributed by atoms with Crippen molar-refractivity contribution in [3.8, 4) is 5.75 Å². The van der Waals surface area contributed by atoms with Crippen LogP contribution < -0.4 is 0 Å². The molecule has 0 aromatic heterocycles. The summed E-state index contributed by atoms with van der Waals surface area (Å²) >= 11 is 0. The Bertz CT molecular complexity index is 779. The highest BCUT2D eigenvalue weighted by Gasteiger charge is 2.20. The molecule has 1 atom stereocenters. The lowest BCUT2D eigenvalue weighted by Gasteiger charge is -2.26. The molecule has 0 aliphatic heterocycles. The minimum Gasteiger partial charge on any atom is -0.508 e. The maximum atomic E-state index is 9.65. The van der Waals surface area contributed by atoms with Gasteiger partial charge in [0.2, 0.25) is 0 Å². The predicted octanol–water partition coefficient (Wildman–Crippen LogP) is 9.22. The lowest BCUT2D eigenvalue weighted by atomic mass is 9.79. The molecule has 0 aliphatic rings. The second kappa shape index (κ2) is 12.3. The van der Waals surface area contributed by atoms with Crippen molar-refractivity contribution in [1.29, 1.82) is 0 Å². The highest BCUT2D eigenvalue weighted by molar-refractivity contribution is 5.45. The van der Waals surface area contributed by atoms with Crippen molar-refractivity contribution < 1.29 is 5.11 Å². The Morgan fingerprint density at radius 3 is 2.00 bits per heavy atom. The summed E-state index contributed by atoms with van der Waals surface area (Å²) in [5.74, 6) is 0.917. The van der Waals surface area contributed by atoms with Gasteiger partial charge >= 0.3 is 0 Å². The smallest absolute Gasteiger partial charge is 0.115 e. The lowest BCUT2D eigenvalue weighted by Crippen LogP contribution is -2.14. The first-order chi connectivity index (χ1) is 14.7. The number of benzene rings is 2. The van der Waals surface area contributed by atoms with E-state index in [1.54, 1.807) is 12.1 Å². The number of hydrogen-bond acceptors (Lipinski definition) is 1. The standard InChI is InChI=1S/C30H46O/c1-7-8-9-10-11-12-13-14-15-23(2)29-22-26(30(4,5)6)20-24(3)28(29)21-25-16-18-27(31)19-17-25/h16-20,22-23,31H,7-15,21H2,1-6H3. The van der Waals surface area contributed by atoms with Crippen LogP contribution in [0.5, 0.6) is 5.75 Å². The molecule has 2 rings (SSSR count). The molecule has 172 valence electrons. The molecular weight excluding hydrogens is 376 g/mol. The number of hydrogen-bond donors (Lipinski definition) is 1. The second-order valence-electron chi connectivity index (χ2n) is 10.6. The van der Waals surface area contributed by atoms with Gasteiger partial charge in [-0.1, -0.05) is 110 Å². The highest BCUT2D eigenvalue weighted by atomic mass is 16.3. The summed E-state index contributed by atoms with van der Waals surface area (Å²) in [7, 11) is 0. The molecule has 0 saturated heterocycles. The molecule has 2 aromatic rings. The molecule has 1 heteroatoms. The Labute approximate surface area is 192 Å². The minimum absolute atomic E-state index is 0.161. The van der Waals surface area contributed by atoms with E-state index in [4.69, 9.17) is 0 Å². The topological polar surface area (TPSA) is 20.2 Å². The van der Waals surface area contributed by atoms with Crippen molar-refractivity contribution >= 4 is 0 Å². The van der Waals surface area contributed by atoms with Gasteiger partial charge in [-0.3, -0.25) is 0 Å². The fraction of sp³-hybridized carbons (Fsp3) is 0.600. The van der Waals surface area contributed by atoms with E-state index >= 15 is 0 Å². The van der Waals surface area contributed by atoms with E-state index in [0.29, 0.717) is 11.7 Å². The van der Waals surface area contributed by atoms with Gasteiger partial charge in [-0.2, -0.15) is 0 Å². The van der Waals surface area contributed by atoms with Crippen molar-refractivity contribution in [2.24, 2.45) is 0 Å². The Morgan fingerprint density at radius 1 is 0.839 bits per heavy atom. The summed E-state index contributed by atoms with van der Waals surface area (Å²) in [6, 6.07) is 12.6. The number of phenolic OH excluding ortho intramolecular Hbond substituents is 1. The van der Waals surface area contributed by atoms with Crippen molar-refractivity contribution in [2.45, 2.75) is 117 Å². The van der Waals surface area contributed by atoms with Crippen LogP contribution in [0.4, 0.5) is 0 Å². The Morgan fingerprint density at radius 2 is 1.42 bits per heavy atom. The first-order valence-corrected chi connectivity index (χ1v) is 12.6. The Balaban J connectivity index is 2.10. The van der Waals surface area contributed by atoms with Crippen molar-refractivity contribution in [1.82, 2.24) is 0 Å². The van der Waals surface area contributed by atoms with Gasteiger partial charge in [0.05, 0.1) is 0 Å². The molecule has 0 radical (unpaired) electrons. The molecule has 0 saturated carbocycles. The maximum Gasteiger partial charge on any atom is 0.115 e. The average molecular weight is 423 g/mol. The average Bonchev–Trinajstić information content (AvgIpc) is 2.71. The van der Waals surface area contributed by atoms with E-state index in [-0.39, 0.29) is 5.41 Å². The first kappa shape index (κ1) is 25.5. The van der Waals surface area contributed by atoms with Gasteiger partial charge in [-0.25, -0.2) is 0 Å². The zero-order valence-electron chi connectivity index (χ0n) is 21.1. The first-order valence-electron chi connectivity index (χ1n) is 12.6. The third-order valence-corrected chi connectivity index (χ3v) is 6.71. The van der Waals surface area contributed by atoms with Gasteiger partial charge in [0, 0.05) is 0 Å². The van der Waals surface area contributed by atoms with Gasteiger partial charge < -0.3 is 5.11 Å². The molecule has 1 N–H and O–H groups in total. The second-order valence-corrected chi connectivity index (χ2v) is 10.6. The van der Waals surface area contributed by atoms with E-state index in [9.17, 15) is 5.11 Å². The molecule has 1 unspecified atom stereocenters. The third kappa shape index (κ3) is 8.36. The number of aryl methyl sites for hydroxylation is 1. The summed E-state index contributed by atoms with van der Waals surface area (Å²) in [5.41, 5.74) is 7.28. The Kier molecular flexibility index (Phi) is 10.1. The van der Waals surface area contributed by atoms with Crippen LogP contribution in [0.2, 0.25) is 0 Å². The van der Waals surface area contributed by atoms with Crippen molar-refractivity contribution in [2.75, 3.05) is 0 Å². The normalized spacial score (nSPS) is 12.8. The molecular formula is C30H46O. The van der Waals surface area contributed by atoms with Gasteiger partial charge in [0.15, 0.2) is 0 Å². The van der Waals surface area contributed by atoms with Gasteiger partial charge in [0.25, 0.3) is 0 Å². The SMILES string of the molecule is CCCCCCCCCCC(C)c1cc(C(C)(C)C)cc(C)c1Cc1ccc(O)cc1. The molecule has 31 heavy (non-hydrogen) atoms. The molecule has 0 bridgehead atoms. The van der Waals surface area contributed by atoms with E-state index in [2.05, 4.69) is 65.8 Å². The monoisotopic (exact) mass is 422 g/mol. The number of unbranched alkanes of at least 4 members (excludes halogenated alkanes) is 7. The highest BCUT2D eigenvalue weighted by Crippen LogP contribution is 2.34. The number of aromatic hydroxyl groups is 1. The van der Waals surface area contributed by atoms with Crippen LogP contribution in [0.15, 0.2) is 36.4 Å². The maximum absolute atomic E-state index is 9.65. The van der Waals surface area contributed by atoms with Crippen LogP contribution in [-0.4, -0.2) is 5.11 Å². The molecule has 0 fully saturated rings. The van der Waals surface area contributed by atoms with E-state index in [0.717, 1.165) is 6.42 Å². The number of phenols is 1. The van der Waals surface area contributed by atoms with Crippen LogP contribution in [-0.2, 0) is 11.8 Å². The largest absolute Gasteiger partial charge is 0.508 e. The summed E-state index contributed by atoms with van der Waals surface area (Å²) in [5, 5.41) is 9.65. The van der Waals surface area contributed by atoms with Gasteiger partial charge in [0.1, 0.15) is 5.75 Å². The van der Waals surface area contributed by atoms with Crippen LogP contribution in [0.1, 0.15) is 126 Å².